The van der Waals surface area contributed by atoms with Crippen LogP contribution >= 0.6 is 0 Å². The summed E-state index contributed by atoms with van der Waals surface area (Å²) in [5.41, 5.74) is 6.40. The molecule has 1 atom stereocenters. The molecule has 21 heavy (non-hydrogen) atoms. The van der Waals surface area contributed by atoms with Crippen LogP contribution in [0.25, 0.3) is 0 Å². The maximum Gasteiger partial charge on any atom is 0.265 e. The number of hydrogen-bond donors (Lipinski definition) is 2. The topological polar surface area (TPSA) is 41.3 Å². The van der Waals surface area contributed by atoms with Gasteiger partial charge in [-0.15, -0.1) is 0 Å². The Morgan fingerprint density at radius 1 is 1.24 bits per heavy atom. The fraction of sp³-hybridized carbons (Fsp3) is 0.625. The van der Waals surface area contributed by atoms with Gasteiger partial charge in [0.05, 0.1) is 0 Å². The maximum absolute atomic E-state index is 13.0. The molecule has 0 fully saturated rings. The number of anilines is 2. The quantitative estimate of drug-likeness (QED) is 0.674. The van der Waals surface area contributed by atoms with Gasteiger partial charge in [0.15, 0.2) is 0 Å². The minimum Gasteiger partial charge on any atom is -0.399 e. The standard InChI is InChI=1S/C16H27F2N3/c1-4-21(5-2)10-6-7-12(3)20-15-9-8-13(19)11-14(15)16(17)18/h8-9,11-12,16,20H,4-7,10,19H2,1-3H3. The lowest BCUT2D eigenvalue weighted by Gasteiger charge is -2.21. The molecule has 5 heteroatoms. The first kappa shape index (κ1) is 17.7. The predicted octanol–water partition coefficient (Wildman–Crippen LogP) is 4.13. The Hall–Kier alpha value is -1.36. The van der Waals surface area contributed by atoms with Crippen LogP contribution in [0, 0.1) is 0 Å². The molecule has 0 bridgehead atoms. The number of nitrogens with two attached hydrogens (primary N) is 1. The Morgan fingerprint density at radius 3 is 2.48 bits per heavy atom. The number of rotatable bonds is 9. The summed E-state index contributed by atoms with van der Waals surface area (Å²) < 4.78 is 26.0. The van der Waals surface area contributed by atoms with Gasteiger partial charge in [0.2, 0.25) is 0 Å². The number of nitrogens with zero attached hydrogens (tertiary/aromatic N) is 1. The van der Waals surface area contributed by atoms with E-state index in [4.69, 9.17) is 5.73 Å². The van der Waals surface area contributed by atoms with Crippen LogP contribution in [0.5, 0.6) is 0 Å². The summed E-state index contributed by atoms with van der Waals surface area (Å²) in [7, 11) is 0. The Labute approximate surface area is 126 Å². The van der Waals surface area contributed by atoms with Crippen molar-refractivity contribution in [2.45, 2.75) is 46.1 Å². The third-order valence-corrected chi connectivity index (χ3v) is 3.72. The summed E-state index contributed by atoms with van der Waals surface area (Å²) in [4.78, 5) is 2.36. The van der Waals surface area contributed by atoms with Gasteiger partial charge in [-0.25, -0.2) is 8.78 Å². The first-order chi connectivity index (χ1) is 9.97. The molecular weight excluding hydrogens is 272 g/mol. The first-order valence-corrected chi connectivity index (χ1v) is 7.64. The van der Waals surface area contributed by atoms with Gasteiger partial charge < -0.3 is 16.0 Å². The van der Waals surface area contributed by atoms with Crippen molar-refractivity contribution in [1.29, 1.82) is 0 Å². The van der Waals surface area contributed by atoms with Gasteiger partial charge in [0.25, 0.3) is 6.43 Å². The van der Waals surface area contributed by atoms with Crippen molar-refractivity contribution in [2.75, 3.05) is 30.7 Å². The zero-order chi connectivity index (χ0) is 15.8. The second-order valence-electron chi connectivity index (χ2n) is 5.36. The van der Waals surface area contributed by atoms with Crippen LogP contribution in [-0.2, 0) is 0 Å². The van der Waals surface area contributed by atoms with Crippen LogP contribution in [0.1, 0.15) is 45.6 Å². The minimum absolute atomic E-state index is 0.0226. The van der Waals surface area contributed by atoms with Crippen LogP contribution in [0.4, 0.5) is 20.2 Å². The second-order valence-corrected chi connectivity index (χ2v) is 5.36. The van der Waals surface area contributed by atoms with E-state index in [0.717, 1.165) is 32.5 Å². The van der Waals surface area contributed by atoms with E-state index in [1.165, 1.54) is 6.07 Å². The van der Waals surface area contributed by atoms with Crippen molar-refractivity contribution in [1.82, 2.24) is 4.90 Å². The van der Waals surface area contributed by atoms with Gasteiger partial charge in [0, 0.05) is 23.0 Å². The summed E-state index contributed by atoms with van der Waals surface area (Å²) in [6.07, 6.45) is -0.517. The highest BCUT2D eigenvalue weighted by atomic mass is 19.3. The summed E-state index contributed by atoms with van der Waals surface area (Å²) in [5.74, 6) is 0. The number of benzene rings is 1. The average molecular weight is 299 g/mol. The van der Waals surface area contributed by atoms with Crippen molar-refractivity contribution in [2.24, 2.45) is 0 Å². The van der Waals surface area contributed by atoms with E-state index < -0.39 is 6.43 Å². The van der Waals surface area contributed by atoms with E-state index in [1.807, 2.05) is 6.92 Å². The molecule has 1 aromatic carbocycles. The van der Waals surface area contributed by atoms with Gasteiger partial charge in [-0.05, 0) is 57.6 Å². The summed E-state index contributed by atoms with van der Waals surface area (Å²) in [5, 5.41) is 3.17. The highest BCUT2D eigenvalue weighted by Gasteiger charge is 2.14. The van der Waals surface area contributed by atoms with Crippen molar-refractivity contribution in [3.63, 3.8) is 0 Å². The maximum atomic E-state index is 13.0. The molecule has 1 rings (SSSR count). The van der Waals surface area contributed by atoms with Crippen molar-refractivity contribution in [3.8, 4) is 0 Å². The van der Waals surface area contributed by atoms with Gasteiger partial charge in [-0.1, -0.05) is 13.8 Å². The predicted molar refractivity (Wildman–Crippen MR) is 85.9 cm³/mol. The molecule has 120 valence electrons. The van der Waals surface area contributed by atoms with E-state index in [0.29, 0.717) is 11.4 Å². The smallest absolute Gasteiger partial charge is 0.265 e. The van der Waals surface area contributed by atoms with Crippen LogP contribution < -0.4 is 11.1 Å². The van der Waals surface area contributed by atoms with E-state index >= 15 is 0 Å². The highest BCUT2D eigenvalue weighted by molar-refractivity contribution is 5.59. The van der Waals surface area contributed by atoms with Crippen LogP contribution in [0.3, 0.4) is 0 Å². The summed E-state index contributed by atoms with van der Waals surface area (Å²) in [6, 6.07) is 4.78. The molecule has 0 saturated carbocycles. The van der Waals surface area contributed by atoms with E-state index in [2.05, 4.69) is 24.1 Å². The zero-order valence-electron chi connectivity index (χ0n) is 13.2. The van der Waals surface area contributed by atoms with Gasteiger partial charge in [-0.3, -0.25) is 0 Å². The molecule has 0 aliphatic heterocycles. The van der Waals surface area contributed by atoms with Gasteiger partial charge >= 0.3 is 0 Å². The molecule has 1 aromatic rings. The monoisotopic (exact) mass is 299 g/mol. The van der Waals surface area contributed by atoms with Crippen molar-refractivity contribution < 1.29 is 8.78 Å². The lowest BCUT2D eigenvalue weighted by atomic mass is 10.1. The largest absolute Gasteiger partial charge is 0.399 e. The molecule has 1 unspecified atom stereocenters. The third-order valence-electron chi connectivity index (χ3n) is 3.72. The Bertz CT molecular complexity index is 420. The molecule has 0 aliphatic rings. The van der Waals surface area contributed by atoms with Crippen molar-refractivity contribution in [3.05, 3.63) is 23.8 Å². The van der Waals surface area contributed by atoms with Crippen LogP contribution in [-0.4, -0.2) is 30.6 Å². The Balaban J connectivity index is 2.53. The Kier molecular flexibility index (Phi) is 7.43. The SMILES string of the molecule is CCN(CC)CCCC(C)Nc1ccc(N)cc1C(F)F. The van der Waals surface area contributed by atoms with Gasteiger partial charge in [0.1, 0.15) is 0 Å². The number of nitrogens with one attached hydrogen (secondary N) is 1. The molecule has 0 heterocycles. The average Bonchev–Trinajstić information content (AvgIpc) is 2.45. The van der Waals surface area contributed by atoms with Crippen molar-refractivity contribution >= 4 is 11.4 Å². The number of halogens is 2. The second kappa shape index (κ2) is 8.82. The van der Waals surface area contributed by atoms with E-state index in [9.17, 15) is 8.78 Å². The third kappa shape index (κ3) is 5.87. The van der Waals surface area contributed by atoms with Crippen LogP contribution in [0.2, 0.25) is 0 Å². The molecule has 0 aliphatic carbocycles. The lowest BCUT2D eigenvalue weighted by Crippen LogP contribution is -2.25. The fourth-order valence-electron chi connectivity index (χ4n) is 2.39. The minimum atomic E-state index is -2.51. The van der Waals surface area contributed by atoms with Crippen LogP contribution in [0.15, 0.2) is 18.2 Å². The lowest BCUT2D eigenvalue weighted by molar-refractivity contribution is 0.152. The number of alkyl halides is 2. The molecule has 0 amide bonds. The normalized spacial score (nSPS) is 12.9. The summed E-state index contributed by atoms with van der Waals surface area (Å²) in [6.45, 7) is 9.46. The number of hydrogen-bond acceptors (Lipinski definition) is 3. The number of nitrogen functional groups attached to an aromatic ring is 1. The zero-order valence-corrected chi connectivity index (χ0v) is 13.2. The molecule has 0 radical (unpaired) electrons. The molecule has 0 aromatic heterocycles. The molecule has 3 N–H and O–H groups in total. The molecule has 3 nitrogen and oxygen atoms in total. The first-order valence-electron chi connectivity index (χ1n) is 7.64. The van der Waals surface area contributed by atoms with E-state index in [-0.39, 0.29) is 11.6 Å². The fourth-order valence-corrected chi connectivity index (χ4v) is 2.39. The summed E-state index contributed by atoms with van der Waals surface area (Å²) >= 11 is 0. The highest BCUT2D eigenvalue weighted by Crippen LogP contribution is 2.29. The molecule has 0 saturated heterocycles. The molecule has 0 spiro atoms. The Morgan fingerprint density at radius 2 is 1.90 bits per heavy atom. The molecular formula is C16H27F2N3. The van der Waals surface area contributed by atoms with E-state index in [1.54, 1.807) is 12.1 Å². The van der Waals surface area contributed by atoms with Gasteiger partial charge in [-0.2, -0.15) is 0 Å².